The van der Waals surface area contributed by atoms with Gasteiger partial charge in [-0.05, 0) is 24.6 Å². The number of carbonyl (C=O) groups is 1. The molecule has 6 nitrogen and oxygen atoms in total. The molecule has 0 fully saturated rings. The van der Waals surface area contributed by atoms with Crippen LogP contribution in [-0.4, -0.2) is 32.4 Å². The molecule has 4 rings (SSSR count). The van der Waals surface area contributed by atoms with Crippen LogP contribution in [0, 0.1) is 0 Å². The summed E-state index contributed by atoms with van der Waals surface area (Å²) in [4.78, 5) is 29.4. The third-order valence-corrected chi connectivity index (χ3v) is 5.62. The summed E-state index contributed by atoms with van der Waals surface area (Å²) in [6.07, 6.45) is 5.00. The molecule has 0 aliphatic rings. The second-order valence-electron chi connectivity index (χ2n) is 5.55. The largest absolute Gasteiger partial charge is 0.351 e. The summed E-state index contributed by atoms with van der Waals surface area (Å²) in [7, 11) is 0. The van der Waals surface area contributed by atoms with E-state index in [1.807, 2.05) is 18.2 Å². The number of aromatic nitrogens is 4. The maximum atomic E-state index is 12.2. The van der Waals surface area contributed by atoms with Gasteiger partial charge in [0.15, 0.2) is 10.8 Å². The lowest BCUT2D eigenvalue weighted by Gasteiger charge is -2.01. The third-order valence-electron chi connectivity index (χ3n) is 3.69. The number of hydrogen-bond donors (Lipinski definition) is 1. The molecule has 4 aromatic rings. The van der Waals surface area contributed by atoms with Crippen molar-refractivity contribution < 1.29 is 4.79 Å². The van der Waals surface area contributed by atoms with Crippen molar-refractivity contribution in [3.63, 3.8) is 0 Å². The minimum atomic E-state index is -0.173. The minimum Gasteiger partial charge on any atom is -0.351 e. The summed E-state index contributed by atoms with van der Waals surface area (Å²) in [6, 6.07) is 9.86. The van der Waals surface area contributed by atoms with Gasteiger partial charge < -0.3 is 5.32 Å². The van der Waals surface area contributed by atoms with Crippen LogP contribution in [0.4, 0.5) is 0 Å². The van der Waals surface area contributed by atoms with Crippen LogP contribution in [0.15, 0.2) is 48.1 Å². The summed E-state index contributed by atoms with van der Waals surface area (Å²) in [5.41, 5.74) is 1.44. The lowest BCUT2D eigenvalue weighted by Crippen LogP contribution is -2.25. The molecule has 8 heteroatoms. The van der Waals surface area contributed by atoms with Gasteiger partial charge in [-0.15, -0.1) is 22.7 Å². The quantitative estimate of drug-likeness (QED) is 0.517. The molecule has 0 radical (unpaired) electrons. The van der Waals surface area contributed by atoms with E-state index in [2.05, 4.69) is 31.3 Å². The van der Waals surface area contributed by atoms with Crippen molar-refractivity contribution >= 4 is 38.8 Å². The number of carbonyl (C=O) groups excluding carboxylic acids is 1. The van der Waals surface area contributed by atoms with E-state index in [1.165, 1.54) is 16.0 Å². The highest BCUT2D eigenvalue weighted by molar-refractivity contribution is 7.18. The second kappa shape index (κ2) is 7.67. The van der Waals surface area contributed by atoms with E-state index in [4.69, 9.17) is 0 Å². The Labute approximate surface area is 158 Å². The van der Waals surface area contributed by atoms with Gasteiger partial charge in [0, 0.05) is 30.7 Å². The summed E-state index contributed by atoms with van der Waals surface area (Å²) < 4.78 is 1.20. The highest BCUT2D eigenvalue weighted by Gasteiger charge is 2.12. The predicted octanol–water partition coefficient (Wildman–Crippen LogP) is 3.57. The van der Waals surface area contributed by atoms with Crippen molar-refractivity contribution in [3.8, 4) is 10.8 Å². The zero-order valence-corrected chi connectivity index (χ0v) is 15.4. The van der Waals surface area contributed by atoms with Gasteiger partial charge in [0.05, 0.1) is 15.2 Å². The third kappa shape index (κ3) is 3.76. The first-order valence-corrected chi connectivity index (χ1v) is 9.85. The molecular formula is C18H15N5OS2. The van der Waals surface area contributed by atoms with Crippen LogP contribution in [0.2, 0.25) is 0 Å². The molecular weight excluding hydrogens is 366 g/mol. The van der Waals surface area contributed by atoms with E-state index >= 15 is 0 Å². The van der Waals surface area contributed by atoms with Crippen LogP contribution >= 0.6 is 22.7 Å². The number of aryl methyl sites for hydroxylation is 1. The zero-order valence-electron chi connectivity index (χ0n) is 13.8. The predicted molar refractivity (Wildman–Crippen MR) is 103 cm³/mol. The molecule has 130 valence electrons. The van der Waals surface area contributed by atoms with Crippen LogP contribution < -0.4 is 5.32 Å². The number of nitrogens with zero attached hydrogens (tertiary/aromatic N) is 4. The fourth-order valence-corrected chi connectivity index (χ4v) is 4.20. The molecule has 0 spiro atoms. The molecule has 1 N–H and O–H groups in total. The van der Waals surface area contributed by atoms with Gasteiger partial charge in [-0.1, -0.05) is 12.1 Å². The molecule has 0 unspecified atom stereocenters. The molecule has 1 aromatic carbocycles. The summed E-state index contributed by atoms with van der Waals surface area (Å²) in [5.74, 6) is 0.361. The van der Waals surface area contributed by atoms with E-state index in [1.54, 1.807) is 35.2 Å². The van der Waals surface area contributed by atoms with Gasteiger partial charge in [0.25, 0.3) is 5.91 Å². The standard InChI is InChI=1S/C18H15N5OS2/c24-17(13-11-25-18(23-13)16-19-9-4-10-20-16)21-8-3-7-15-22-12-5-1-2-6-14(12)26-15/h1-2,4-6,9-11H,3,7-8H2,(H,21,24). The van der Waals surface area contributed by atoms with Gasteiger partial charge in [-0.3, -0.25) is 4.79 Å². The molecule has 0 saturated heterocycles. The lowest BCUT2D eigenvalue weighted by molar-refractivity contribution is 0.0949. The number of benzene rings is 1. The smallest absolute Gasteiger partial charge is 0.270 e. The summed E-state index contributed by atoms with van der Waals surface area (Å²) >= 11 is 3.07. The van der Waals surface area contributed by atoms with Crippen molar-refractivity contribution in [2.75, 3.05) is 6.54 Å². The van der Waals surface area contributed by atoms with Gasteiger partial charge in [0.1, 0.15) is 5.69 Å². The van der Waals surface area contributed by atoms with Gasteiger partial charge >= 0.3 is 0 Å². The Hall–Kier alpha value is -2.71. The number of hydrogen-bond acceptors (Lipinski definition) is 7. The monoisotopic (exact) mass is 381 g/mol. The van der Waals surface area contributed by atoms with Crippen molar-refractivity contribution in [2.24, 2.45) is 0 Å². The molecule has 1 amide bonds. The minimum absolute atomic E-state index is 0.173. The average Bonchev–Trinajstić information content (AvgIpc) is 3.32. The zero-order chi connectivity index (χ0) is 17.8. The SMILES string of the molecule is O=C(NCCCc1nc2ccccc2s1)c1csc(-c2ncccn2)n1. The number of fused-ring (bicyclic) bond motifs is 1. The van der Waals surface area contributed by atoms with E-state index in [0.717, 1.165) is 23.4 Å². The molecule has 0 aliphatic carbocycles. The van der Waals surface area contributed by atoms with Gasteiger partial charge in [0.2, 0.25) is 0 Å². The van der Waals surface area contributed by atoms with Gasteiger partial charge in [-0.2, -0.15) is 0 Å². The first kappa shape index (κ1) is 16.7. The Morgan fingerprint density at radius 1 is 1.08 bits per heavy atom. The molecule has 0 aliphatic heterocycles. The van der Waals surface area contributed by atoms with Crippen LogP contribution in [0.1, 0.15) is 21.9 Å². The summed E-state index contributed by atoms with van der Waals surface area (Å²) in [6.45, 7) is 0.587. The van der Waals surface area contributed by atoms with E-state index in [9.17, 15) is 4.79 Å². The van der Waals surface area contributed by atoms with Crippen LogP contribution in [-0.2, 0) is 6.42 Å². The Bertz CT molecular complexity index is 995. The molecule has 26 heavy (non-hydrogen) atoms. The van der Waals surface area contributed by atoms with Crippen LogP contribution in [0.3, 0.4) is 0 Å². The number of rotatable bonds is 6. The molecule has 3 heterocycles. The lowest BCUT2D eigenvalue weighted by atomic mass is 10.3. The van der Waals surface area contributed by atoms with E-state index in [0.29, 0.717) is 23.1 Å². The fraction of sp³-hybridized carbons (Fsp3) is 0.167. The van der Waals surface area contributed by atoms with Crippen molar-refractivity contribution in [2.45, 2.75) is 12.8 Å². The molecule has 0 atom stereocenters. The number of thiazole rings is 2. The highest BCUT2D eigenvalue weighted by Crippen LogP contribution is 2.22. The second-order valence-corrected chi connectivity index (χ2v) is 7.52. The maximum absolute atomic E-state index is 12.2. The number of para-hydroxylation sites is 1. The van der Waals surface area contributed by atoms with Crippen LogP contribution in [0.25, 0.3) is 21.0 Å². The Kier molecular flexibility index (Phi) is 4.94. The van der Waals surface area contributed by atoms with Crippen molar-refractivity contribution in [1.29, 1.82) is 0 Å². The summed E-state index contributed by atoms with van der Waals surface area (Å²) in [5, 5.41) is 6.38. The Morgan fingerprint density at radius 2 is 1.92 bits per heavy atom. The highest BCUT2D eigenvalue weighted by atomic mass is 32.1. The normalized spacial score (nSPS) is 10.9. The Balaban J connectivity index is 1.29. The maximum Gasteiger partial charge on any atom is 0.270 e. The van der Waals surface area contributed by atoms with Gasteiger partial charge in [-0.25, -0.2) is 19.9 Å². The van der Waals surface area contributed by atoms with E-state index in [-0.39, 0.29) is 5.91 Å². The number of amides is 1. The van der Waals surface area contributed by atoms with Crippen molar-refractivity contribution in [3.05, 3.63) is 58.8 Å². The van der Waals surface area contributed by atoms with Crippen molar-refractivity contribution in [1.82, 2.24) is 25.3 Å². The Morgan fingerprint density at radius 3 is 2.77 bits per heavy atom. The molecule has 0 bridgehead atoms. The van der Waals surface area contributed by atoms with Crippen LogP contribution in [0.5, 0.6) is 0 Å². The first-order chi connectivity index (χ1) is 12.8. The van der Waals surface area contributed by atoms with E-state index < -0.39 is 0 Å². The average molecular weight is 381 g/mol. The first-order valence-electron chi connectivity index (χ1n) is 8.15. The number of nitrogens with one attached hydrogen (secondary N) is 1. The topological polar surface area (TPSA) is 80.7 Å². The molecule has 3 aromatic heterocycles. The fourth-order valence-electron chi connectivity index (χ4n) is 2.45. The molecule has 0 saturated carbocycles.